The largest absolute Gasteiger partial charge is 0.295 e. The van der Waals surface area contributed by atoms with Crippen LogP contribution in [0.5, 0.6) is 0 Å². The molecule has 0 spiro atoms. The van der Waals surface area contributed by atoms with E-state index in [1.165, 1.54) is 44.2 Å². The summed E-state index contributed by atoms with van der Waals surface area (Å²) in [5.41, 5.74) is 1.42. The van der Waals surface area contributed by atoms with E-state index in [0.29, 0.717) is 6.04 Å². The molecule has 3 atom stereocenters. The van der Waals surface area contributed by atoms with Gasteiger partial charge in [-0.2, -0.15) is 0 Å². The molecule has 1 aromatic carbocycles. The third-order valence-corrected chi connectivity index (χ3v) is 5.39. The Hall–Kier alpha value is -0.530. The number of likely N-dealkylation sites (tertiary alicyclic amines) is 1. The monoisotopic (exact) mass is 277 g/mol. The van der Waals surface area contributed by atoms with E-state index in [-0.39, 0.29) is 0 Å². The van der Waals surface area contributed by atoms with Crippen molar-refractivity contribution in [1.29, 1.82) is 0 Å². The van der Waals surface area contributed by atoms with Gasteiger partial charge in [0.15, 0.2) is 0 Å². The van der Waals surface area contributed by atoms with E-state index in [1.54, 1.807) is 0 Å². The number of piperidine rings is 1. The Morgan fingerprint density at radius 2 is 1.79 bits per heavy atom. The van der Waals surface area contributed by atoms with Crippen LogP contribution in [0, 0.1) is 11.8 Å². The highest BCUT2D eigenvalue weighted by Crippen LogP contribution is 2.39. The minimum atomic E-state index is 0.584. The van der Waals surface area contributed by atoms with Crippen molar-refractivity contribution in [2.45, 2.75) is 44.7 Å². The zero-order chi connectivity index (χ0) is 13.1. The van der Waals surface area contributed by atoms with Gasteiger partial charge in [0, 0.05) is 25.0 Å². The highest BCUT2D eigenvalue weighted by molar-refractivity contribution is 6.18. The van der Waals surface area contributed by atoms with E-state index in [0.717, 1.165) is 24.3 Å². The third kappa shape index (κ3) is 3.14. The number of alkyl halides is 1. The van der Waals surface area contributed by atoms with E-state index in [1.807, 2.05) is 0 Å². The van der Waals surface area contributed by atoms with Crippen molar-refractivity contribution < 1.29 is 0 Å². The lowest BCUT2D eigenvalue weighted by Crippen LogP contribution is -2.48. The Morgan fingerprint density at radius 3 is 2.53 bits per heavy atom. The number of nitrogens with zero attached hydrogens (tertiary/aromatic N) is 1. The lowest BCUT2D eigenvalue weighted by atomic mass is 9.73. The maximum absolute atomic E-state index is 6.23. The van der Waals surface area contributed by atoms with Gasteiger partial charge in [-0.15, -0.1) is 11.6 Å². The van der Waals surface area contributed by atoms with E-state index in [4.69, 9.17) is 11.6 Å². The summed E-state index contributed by atoms with van der Waals surface area (Å²) in [5.74, 6) is 2.66. The molecule has 2 heteroatoms. The summed E-state index contributed by atoms with van der Waals surface area (Å²) in [6.45, 7) is 2.33. The molecule has 0 bridgehead atoms. The van der Waals surface area contributed by atoms with Crippen molar-refractivity contribution in [1.82, 2.24) is 4.90 Å². The molecule has 1 aromatic rings. The average Bonchev–Trinajstić information content (AvgIpc) is 2.47. The Kier molecular flexibility index (Phi) is 4.45. The van der Waals surface area contributed by atoms with Crippen molar-refractivity contribution in [3.63, 3.8) is 0 Å². The number of fused-ring (bicyclic) bond motifs is 1. The molecule has 0 aromatic heterocycles. The van der Waals surface area contributed by atoms with Gasteiger partial charge in [-0.3, -0.25) is 4.90 Å². The maximum Gasteiger partial charge on any atom is 0.0379 e. The Bertz CT molecular complexity index is 392. The summed E-state index contributed by atoms with van der Waals surface area (Å²) in [6.07, 6.45) is 7.07. The van der Waals surface area contributed by atoms with Crippen molar-refractivity contribution in [3.05, 3.63) is 35.9 Å². The summed E-state index contributed by atoms with van der Waals surface area (Å²) in [6, 6.07) is 11.4. The zero-order valence-corrected chi connectivity index (χ0v) is 12.4. The second kappa shape index (κ2) is 6.28. The molecule has 1 saturated carbocycles. The Labute approximate surface area is 121 Å². The van der Waals surface area contributed by atoms with Crippen molar-refractivity contribution in [3.8, 4) is 0 Å². The molecule has 0 radical (unpaired) electrons. The molecule has 1 aliphatic carbocycles. The smallest absolute Gasteiger partial charge is 0.0379 e. The second-order valence-corrected chi connectivity index (χ2v) is 6.57. The van der Waals surface area contributed by atoms with Gasteiger partial charge in [0.05, 0.1) is 0 Å². The van der Waals surface area contributed by atoms with E-state index in [9.17, 15) is 0 Å². The van der Waals surface area contributed by atoms with Crippen LogP contribution in [0.3, 0.4) is 0 Å². The van der Waals surface area contributed by atoms with E-state index >= 15 is 0 Å². The Morgan fingerprint density at radius 1 is 1.05 bits per heavy atom. The first kappa shape index (κ1) is 13.5. The molecule has 0 N–H and O–H groups in total. The molecule has 3 rings (SSSR count). The van der Waals surface area contributed by atoms with Crippen molar-refractivity contribution in [2.75, 3.05) is 12.4 Å². The fourth-order valence-electron chi connectivity index (χ4n) is 3.96. The lowest BCUT2D eigenvalue weighted by molar-refractivity contribution is 0.0423. The lowest BCUT2D eigenvalue weighted by Gasteiger charge is -2.45. The quantitative estimate of drug-likeness (QED) is 0.745. The number of hydrogen-bond donors (Lipinski definition) is 0. The summed E-state index contributed by atoms with van der Waals surface area (Å²) in [4.78, 5) is 2.63. The van der Waals surface area contributed by atoms with Crippen molar-refractivity contribution in [2.24, 2.45) is 11.8 Å². The fraction of sp³-hybridized carbons (Fsp3) is 0.647. The summed E-state index contributed by atoms with van der Waals surface area (Å²) < 4.78 is 0. The number of hydrogen-bond acceptors (Lipinski definition) is 1. The highest BCUT2D eigenvalue weighted by Gasteiger charge is 2.36. The predicted molar refractivity (Wildman–Crippen MR) is 81.4 cm³/mol. The number of benzene rings is 1. The molecule has 1 saturated heterocycles. The standard InChI is InChI=1S/C17H24ClN/c18-11-17-10-15-8-4-5-9-16(15)13-19(17)12-14-6-2-1-3-7-14/h1-3,6-7,15-17H,4-5,8-13H2. The van der Waals surface area contributed by atoms with Crippen LogP contribution in [0.25, 0.3) is 0 Å². The molecule has 0 amide bonds. The summed E-state index contributed by atoms with van der Waals surface area (Å²) >= 11 is 6.23. The Balaban J connectivity index is 1.68. The summed E-state index contributed by atoms with van der Waals surface area (Å²) in [5, 5.41) is 0. The normalized spacial score (nSPS) is 31.9. The SMILES string of the molecule is ClCC1CC2CCCCC2CN1Cc1ccccc1. The van der Waals surface area contributed by atoms with Gasteiger partial charge in [0.1, 0.15) is 0 Å². The summed E-state index contributed by atoms with van der Waals surface area (Å²) in [7, 11) is 0. The van der Waals surface area contributed by atoms with Crippen LogP contribution in [-0.2, 0) is 6.54 Å². The van der Waals surface area contributed by atoms with Crippen LogP contribution >= 0.6 is 11.6 Å². The first-order valence-electron chi connectivity index (χ1n) is 7.70. The van der Waals surface area contributed by atoms with E-state index in [2.05, 4.69) is 35.2 Å². The van der Waals surface area contributed by atoms with Crippen LogP contribution in [0.1, 0.15) is 37.7 Å². The maximum atomic E-state index is 6.23. The zero-order valence-electron chi connectivity index (χ0n) is 11.6. The molecule has 104 valence electrons. The van der Waals surface area contributed by atoms with Crippen LogP contribution in [0.4, 0.5) is 0 Å². The third-order valence-electron chi connectivity index (χ3n) is 5.03. The number of rotatable bonds is 3. The molecule has 1 heterocycles. The van der Waals surface area contributed by atoms with Gasteiger partial charge in [-0.05, 0) is 30.2 Å². The van der Waals surface area contributed by atoms with Crippen LogP contribution in [0.15, 0.2) is 30.3 Å². The minimum Gasteiger partial charge on any atom is -0.295 e. The topological polar surface area (TPSA) is 3.24 Å². The molecule has 2 aliphatic rings. The number of halogens is 1. The van der Waals surface area contributed by atoms with Gasteiger partial charge in [0.25, 0.3) is 0 Å². The van der Waals surface area contributed by atoms with Crippen LogP contribution in [0.2, 0.25) is 0 Å². The van der Waals surface area contributed by atoms with Gasteiger partial charge in [-0.25, -0.2) is 0 Å². The highest BCUT2D eigenvalue weighted by atomic mass is 35.5. The van der Waals surface area contributed by atoms with Crippen LogP contribution < -0.4 is 0 Å². The molecule has 3 unspecified atom stereocenters. The molecule has 1 aliphatic heterocycles. The first-order valence-corrected chi connectivity index (χ1v) is 8.24. The van der Waals surface area contributed by atoms with Crippen molar-refractivity contribution >= 4 is 11.6 Å². The van der Waals surface area contributed by atoms with Gasteiger partial charge in [-0.1, -0.05) is 49.6 Å². The van der Waals surface area contributed by atoms with Gasteiger partial charge < -0.3 is 0 Å². The molecular weight excluding hydrogens is 254 g/mol. The second-order valence-electron chi connectivity index (χ2n) is 6.26. The fourth-order valence-corrected chi connectivity index (χ4v) is 4.28. The van der Waals surface area contributed by atoms with Gasteiger partial charge >= 0.3 is 0 Å². The minimum absolute atomic E-state index is 0.584. The van der Waals surface area contributed by atoms with E-state index < -0.39 is 0 Å². The molecular formula is C17H24ClN. The molecule has 19 heavy (non-hydrogen) atoms. The molecule has 1 nitrogen and oxygen atoms in total. The molecule has 2 fully saturated rings. The van der Waals surface area contributed by atoms with Gasteiger partial charge in [0.2, 0.25) is 0 Å². The predicted octanol–water partition coefficient (Wildman–Crippen LogP) is 4.31. The average molecular weight is 278 g/mol. The van der Waals surface area contributed by atoms with Crippen LogP contribution in [-0.4, -0.2) is 23.4 Å². The first-order chi connectivity index (χ1) is 9.36.